The molecule has 2 aromatic rings. The molecule has 2 rings (SSSR count). The number of anilines is 1. The fourth-order valence-corrected chi connectivity index (χ4v) is 2.40. The van der Waals surface area contributed by atoms with E-state index in [2.05, 4.69) is 41.0 Å². The van der Waals surface area contributed by atoms with E-state index in [1.807, 2.05) is 24.3 Å². The zero-order chi connectivity index (χ0) is 14.4. The molecule has 0 saturated heterocycles. The van der Waals surface area contributed by atoms with E-state index in [1.165, 1.54) is 0 Å². The quantitative estimate of drug-likeness (QED) is 0.815. The zero-order valence-corrected chi connectivity index (χ0v) is 12.9. The van der Waals surface area contributed by atoms with Crippen LogP contribution in [0.5, 0.6) is 0 Å². The van der Waals surface area contributed by atoms with Gasteiger partial charge in [-0.2, -0.15) is 0 Å². The second-order valence-electron chi connectivity index (χ2n) is 4.80. The van der Waals surface area contributed by atoms with Crippen molar-refractivity contribution in [3.05, 3.63) is 36.3 Å². The summed E-state index contributed by atoms with van der Waals surface area (Å²) in [5, 5.41) is 5.21. The lowest BCUT2D eigenvalue weighted by Gasteiger charge is -2.10. The van der Waals surface area contributed by atoms with E-state index in [0.717, 1.165) is 34.7 Å². The van der Waals surface area contributed by atoms with Crippen LogP contribution in [0.1, 0.15) is 38.9 Å². The molecule has 2 aromatic heterocycles. The molecule has 1 N–H and O–H groups in total. The van der Waals surface area contributed by atoms with E-state index >= 15 is 0 Å². The van der Waals surface area contributed by atoms with Crippen LogP contribution in [0.25, 0.3) is 0 Å². The number of nitrogens with one attached hydrogen (secondary N) is 1. The molecule has 106 valence electrons. The van der Waals surface area contributed by atoms with Crippen molar-refractivity contribution in [1.29, 1.82) is 0 Å². The Balaban J connectivity index is 2.24. The van der Waals surface area contributed by atoms with Crippen molar-refractivity contribution < 1.29 is 0 Å². The molecule has 0 fully saturated rings. The van der Waals surface area contributed by atoms with E-state index in [1.54, 1.807) is 18.0 Å². The molecule has 0 atom stereocenters. The van der Waals surface area contributed by atoms with Crippen molar-refractivity contribution in [2.24, 2.45) is 0 Å². The highest BCUT2D eigenvalue weighted by atomic mass is 32.2. The van der Waals surface area contributed by atoms with Gasteiger partial charge < -0.3 is 5.32 Å². The van der Waals surface area contributed by atoms with Crippen molar-refractivity contribution in [3.63, 3.8) is 0 Å². The Bertz CT molecular complexity index is 543. The van der Waals surface area contributed by atoms with E-state index in [4.69, 9.17) is 0 Å². The molecule has 0 saturated carbocycles. The topological polar surface area (TPSA) is 50.7 Å². The van der Waals surface area contributed by atoms with Gasteiger partial charge in [0.1, 0.15) is 21.7 Å². The summed E-state index contributed by atoms with van der Waals surface area (Å²) in [4.78, 5) is 13.5. The Labute approximate surface area is 124 Å². The maximum absolute atomic E-state index is 4.61. The van der Waals surface area contributed by atoms with E-state index in [9.17, 15) is 0 Å². The van der Waals surface area contributed by atoms with Crippen molar-refractivity contribution in [2.45, 2.75) is 43.2 Å². The van der Waals surface area contributed by atoms with Crippen molar-refractivity contribution >= 4 is 17.6 Å². The summed E-state index contributed by atoms with van der Waals surface area (Å²) < 4.78 is 0. The van der Waals surface area contributed by atoms with Crippen LogP contribution in [0.3, 0.4) is 0 Å². The van der Waals surface area contributed by atoms with Crippen LogP contribution in [-0.4, -0.2) is 21.5 Å². The highest BCUT2D eigenvalue weighted by Gasteiger charge is 2.09. The van der Waals surface area contributed by atoms with Crippen LogP contribution >= 0.6 is 11.8 Å². The Hall–Kier alpha value is -1.62. The number of hydrogen-bond donors (Lipinski definition) is 1. The number of nitrogens with zero attached hydrogens (tertiary/aromatic N) is 3. The highest BCUT2D eigenvalue weighted by Crippen LogP contribution is 2.26. The third-order valence-electron chi connectivity index (χ3n) is 2.64. The zero-order valence-electron chi connectivity index (χ0n) is 12.1. The largest absolute Gasteiger partial charge is 0.370 e. The minimum atomic E-state index is 0.307. The second-order valence-corrected chi connectivity index (χ2v) is 5.84. The molecule has 0 aromatic carbocycles. The summed E-state index contributed by atoms with van der Waals surface area (Å²) in [6.07, 6.45) is 2.87. The molecule has 0 amide bonds. The third kappa shape index (κ3) is 4.20. The summed E-state index contributed by atoms with van der Waals surface area (Å²) in [5.41, 5.74) is 0. The predicted molar refractivity (Wildman–Crippen MR) is 83.3 cm³/mol. The Morgan fingerprint density at radius 2 is 2.05 bits per heavy atom. The second kappa shape index (κ2) is 7.24. The average Bonchev–Trinajstić information content (AvgIpc) is 2.46. The Kier molecular flexibility index (Phi) is 5.35. The van der Waals surface area contributed by atoms with Gasteiger partial charge in [-0.05, 0) is 30.3 Å². The molecule has 0 unspecified atom stereocenters. The molecule has 5 heteroatoms. The summed E-state index contributed by atoms with van der Waals surface area (Å²) in [5.74, 6) is 2.06. The molecule has 0 aliphatic carbocycles. The first-order chi connectivity index (χ1) is 9.69. The first kappa shape index (κ1) is 14.8. The monoisotopic (exact) mass is 288 g/mol. The van der Waals surface area contributed by atoms with Crippen LogP contribution in [0, 0.1) is 0 Å². The van der Waals surface area contributed by atoms with Gasteiger partial charge in [-0.15, -0.1) is 0 Å². The lowest BCUT2D eigenvalue weighted by molar-refractivity contribution is 0.753. The third-order valence-corrected chi connectivity index (χ3v) is 3.51. The molecule has 0 radical (unpaired) electrons. The standard InChI is InChI=1S/C15H20N4S/c1-4-8-16-12-10-14(19-15(18-12)11(2)3)20-13-7-5-6-9-17-13/h5-7,9-11H,4,8H2,1-3H3,(H,16,18,19). The van der Waals surface area contributed by atoms with E-state index in [0.29, 0.717) is 5.92 Å². The van der Waals surface area contributed by atoms with Crippen LogP contribution in [-0.2, 0) is 0 Å². The van der Waals surface area contributed by atoms with Gasteiger partial charge in [-0.25, -0.2) is 15.0 Å². The lowest BCUT2D eigenvalue weighted by atomic mass is 10.2. The molecule has 0 spiro atoms. The predicted octanol–water partition coefficient (Wildman–Crippen LogP) is 3.97. The van der Waals surface area contributed by atoms with Crippen LogP contribution in [0.2, 0.25) is 0 Å². The van der Waals surface area contributed by atoms with Gasteiger partial charge in [0.15, 0.2) is 0 Å². The molecular formula is C15H20N4S. The van der Waals surface area contributed by atoms with Crippen molar-refractivity contribution in [1.82, 2.24) is 15.0 Å². The van der Waals surface area contributed by atoms with Gasteiger partial charge >= 0.3 is 0 Å². The van der Waals surface area contributed by atoms with Crippen LogP contribution in [0.15, 0.2) is 40.5 Å². The summed E-state index contributed by atoms with van der Waals surface area (Å²) >= 11 is 1.56. The maximum Gasteiger partial charge on any atom is 0.134 e. The van der Waals surface area contributed by atoms with Gasteiger partial charge in [0.05, 0.1) is 0 Å². The van der Waals surface area contributed by atoms with Crippen molar-refractivity contribution in [2.75, 3.05) is 11.9 Å². The normalized spacial score (nSPS) is 10.8. The lowest BCUT2D eigenvalue weighted by Crippen LogP contribution is -2.06. The SMILES string of the molecule is CCCNc1cc(Sc2ccccn2)nc(C(C)C)n1. The van der Waals surface area contributed by atoms with Gasteiger partial charge in [0.25, 0.3) is 0 Å². The fraction of sp³-hybridized carbons (Fsp3) is 0.400. The fourth-order valence-electron chi connectivity index (χ4n) is 1.61. The Morgan fingerprint density at radius 1 is 1.20 bits per heavy atom. The first-order valence-electron chi connectivity index (χ1n) is 6.90. The summed E-state index contributed by atoms with van der Waals surface area (Å²) in [6.45, 7) is 7.27. The van der Waals surface area contributed by atoms with E-state index in [-0.39, 0.29) is 0 Å². The Morgan fingerprint density at radius 3 is 2.70 bits per heavy atom. The summed E-state index contributed by atoms with van der Waals surface area (Å²) in [7, 11) is 0. The van der Waals surface area contributed by atoms with Gasteiger partial charge in [-0.3, -0.25) is 0 Å². The molecule has 20 heavy (non-hydrogen) atoms. The number of aromatic nitrogens is 3. The maximum atomic E-state index is 4.61. The molecule has 0 aliphatic rings. The molecule has 2 heterocycles. The van der Waals surface area contributed by atoms with E-state index < -0.39 is 0 Å². The van der Waals surface area contributed by atoms with Gasteiger partial charge in [0.2, 0.25) is 0 Å². The molecule has 0 bridgehead atoms. The van der Waals surface area contributed by atoms with Crippen molar-refractivity contribution in [3.8, 4) is 0 Å². The molecule has 0 aliphatic heterocycles. The number of hydrogen-bond acceptors (Lipinski definition) is 5. The average molecular weight is 288 g/mol. The van der Waals surface area contributed by atoms with Gasteiger partial charge in [-0.1, -0.05) is 26.8 Å². The summed E-state index contributed by atoms with van der Waals surface area (Å²) in [6, 6.07) is 7.87. The van der Waals surface area contributed by atoms with Gasteiger partial charge in [0, 0.05) is 24.7 Å². The molecule has 4 nitrogen and oxygen atoms in total. The number of pyridine rings is 1. The minimum absolute atomic E-state index is 0.307. The smallest absolute Gasteiger partial charge is 0.134 e. The van der Waals surface area contributed by atoms with Crippen LogP contribution < -0.4 is 5.32 Å². The molecular weight excluding hydrogens is 268 g/mol. The first-order valence-corrected chi connectivity index (χ1v) is 7.72. The van der Waals surface area contributed by atoms with Crippen LogP contribution in [0.4, 0.5) is 5.82 Å². The number of rotatable bonds is 6. The highest BCUT2D eigenvalue weighted by molar-refractivity contribution is 7.99. The minimum Gasteiger partial charge on any atom is -0.370 e.